The van der Waals surface area contributed by atoms with Gasteiger partial charge in [0.15, 0.2) is 0 Å². The van der Waals surface area contributed by atoms with Crippen LogP contribution in [0.1, 0.15) is 62.1 Å². The molecule has 0 amide bonds. The second-order valence-electron chi connectivity index (χ2n) is 8.74. The molecule has 0 aliphatic heterocycles. The molecule has 0 atom stereocenters. The lowest BCUT2D eigenvalue weighted by Gasteiger charge is -2.29. The first kappa shape index (κ1) is 23.4. The first-order chi connectivity index (χ1) is 15.5. The molecule has 0 saturated heterocycles. The van der Waals surface area contributed by atoms with Crippen molar-refractivity contribution in [3.05, 3.63) is 65.4 Å². The number of ether oxygens (including phenoxy) is 1. The van der Waals surface area contributed by atoms with Crippen LogP contribution in [-0.2, 0) is 0 Å². The number of nitriles is 1. The average Bonchev–Trinajstić information content (AvgIpc) is 2.83. The largest absolute Gasteiger partial charge is 0.495 e. The van der Waals surface area contributed by atoms with E-state index >= 15 is 0 Å². The molecule has 0 aromatic heterocycles. The molecule has 1 saturated carbocycles. The van der Waals surface area contributed by atoms with Crippen molar-refractivity contribution in [3.63, 3.8) is 0 Å². The average molecular weight is 431 g/mol. The van der Waals surface area contributed by atoms with Crippen LogP contribution in [0.2, 0.25) is 0 Å². The number of benzene rings is 2. The molecule has 5 heteroatoms. The van der Waals surface area contributed by atoms with Gasteiger partial charge in [-0.1, -0.05) is 18.2 Å². The standard InChI is InChI=1S/C27H34N4O/c1-19(2)30-18-25(16-29)22-5-4-6-26(14-22)31-17-20-7-9-21(10-8-20)23-11-12-27(32-3)24(13-23)15-28/h4-6,11-14,16,18-21,31H,7-10,17,29H2,1-3H3. The fraction of sp³-hybridized carbons (Fsp3) is 0.407. The molecular weight excluding hydrogens is 396 g/mol. The molecule has 1 aliphatic rings. The number of hydrogen-bond donors (Lipinski definition) is 2. The Morgan fingerprint density at radius 1 is 1.22 bits per heavy atom. The summed E-state index contributed by atoms with van der Waals surface area (Å²) in [5, 5.41) is 13.0. The molecule has 2 aromatic rings. The van der Waals surface area contributed by atoms with Crippen LogP contribution in [-0.4, -0.2) is 25.9 Å². The lowest BCUT2D eigenvalue weighted by Crippen LogP contribution is -2.20. The zero-order valence-corrected chi connectivity index (χ0v) is 19.3. The number of nitrogens with zero attached hydrogens (tertiary/aromatic N) is 2. The van der Waals surface area contributed by atoms with Gasteiger partial charge in [0, 0.05) is 36.3 Å². The minimum Gasteiger partial charge on any atom is -0.495 e. The zero-order chi connectivity index (χ0) is 22.9. The highest BCUT2D eigenvalue weighted by molar-refractivity contribution is 6.09. The number of nitrogens with two attached hydrogens (primary N) is 1. The van der Waals surface area contributed by atoms with E-state index < -0.39 is 0 Å². The van der Waals surface area contributed by atoms with Crippen LogP contribution in [0.4, 0.5) is 5.69 Å². The topological polar surface area (TPSA) is 83.4 Å². The van der Waals surface area contributed by atoms with Crippen LogP contribution in [0.5, 0.6) is 5.75 Å². The summed E-state index contributed by atoms with van der Waals surface area (Å²) in [5.41, 5.74) is 10.8. The van der Waals surface area contributed by atoms with E-state index in [0.717, 1.165) is 36.2 Å². The number of allylic oxidation sites excluding steroid dienone is 1. The molecule has 32 heavy (non-hydrogen) atoms. The van der Waals surface area contributed by atoms with Crippen LogP contribution in [0, 0.1) is 17.2 Å². The second-order valence-corrected chi connectivity index (χ2v) is 8.74. The molecule has 0 radical (unpaired) electrons. The van der Waals surface area contributed by atoms with Crippen molar-refractivity contribution in [1.29, 1.82) is 5.26 Å². The summed E-state index contributed by atoms with van der Waals surface area (Å²) < 4.78 is 5.28. The third kappa shape index (κ3) is 6.13. The first-order valence-corrected chi connectivity index (χ1v) is 11.4. The van der Waals surface area contributed by atoms with Crippen molar-refractivity contribution in [2.45, 2.75) is 51.5 Å². The van der Waals surface area contributed by atoms with Gasteiger partial charge in [-0.15, -0.1) is 0 Å². The zero-order valence-electron chi connectivity index (χ0n) is 19.3. The molecule has 168 valence electrons. The number of methoxy groups -OCH3 is 1. The Labute approximate surface area is 192 Å². The molecule has 0 unspecified atom stereocenters. The lowest BCUT2D eigenvalue weighted by molar-refractivity contribution is 0.338. The van der Waals surface area contributed by atoms with Gasteiger partial charge in [-0.3, -0.25) is 4.99 Å². The molecular formula is C27H34N4O. The predicted molar refractivity (Wildman–Crippen MR) is 133 cm³/mol. The van der Waals surface area contributed by atoms with E-state index in [9.17, 15) is 5.26 Å². The smallest absolute Gasteiger partial charge is 0.136 e. The highest BCUT2D eigenvalue weighted by Crippen LogP contribution is 2.37. The summed E-state index contributed by atoms with van der Waals surface area (Å²) in [5.74, 6) is 1.82. The van der Waals surface area contributed by atoms with Crippen molar-refractivity contribution in [3.8, 4) is 11.8 Å². The fourth-order valence-corrected chi connectivity index (χ4v) is 4.28. The maximum Gasteiger partial charge on any atom is 0.136 e. The van der Waals surface area contributed by atoms with E-state index in [2.05, 4.69) is 60.6 Å². The maximum absolute atomic E-state index is 9.36. The highest BCUT2D eigenvalue weighted by atomic mass is 16.5. The van der Waals surface area contributed by atoms with Crippen molar-refractivity contribution >= 4 is 17.5 Å². The second kappa shape index (κ2) is 11.4. The minimum atomic E-state index is 0.241. The SMILES string of the molecule is COc1ccc(C2CCC(CNc3cccc(C(C=NC(C)C)=CN)c3)CC2)cc1C#N. The van der Waals surface area contributed by atoms with Crippen LogP contribution in [0.3, 0.4) is 0 Å². The van der Waals surface area contributed by atoms with E-state index in [-0.39, 0.29) is 6.04 Å². The third-order valence-corrected chi connectivity index (χ3v) is 6.14. The molecule has 3 rings (SSSR count). The Bertz CT molecular complexity index is 995. The normalized spacial score (nSPS) is 19.2. The Morgan fingerprint density at radius 2 is 2.00 bits per heavy atom. The predicted octanol–water partition coefficient (Wildman–Crippen LogP) is 5.73. The van der Waals surface area contributed by atoms with Gasteiger partial charge in [0.25, 0.3) is 0 Å². The molecule has 1 aliphatic carbocycles. The van der Waals surface area contributed by atoms with E-state index in [4.69, 9.17) is 10.5 Å². The molecule has 3 N–H and O–H groups in total. The van der Waals surface area contributed by atoms with E-state index in [1.54, 1.807) is 13.3 Å². The first-order valence-electron chi connectivity index (χ1n) is 11.4. The monoisotopic (exact) mass is 430 g/mol. The number of rotatable bonds is 8. The quantitative estimate of drug-likeness (QED) is 0.524. The Hall–Kier alpha value is -3.26. The summed E-state index contributed by atoms with van der Waals surface area (Å²) in [6.07, 6.45) is 8.12. The maximum atomic E-state index is 9.36. The van der Waals surface area contributed by atoms with Gasteiger partial charge in [0.05, 0.1) is 12.7 Å². The highest BCUT2D eigenvalue weighted by Gasteiger charge is 2.23. The lowest BCUT2D eigenvalue weighted by atomic mass is 9.78. The fourth-order valence-electron chi connectivity index (χ4n) is 4.28. The van der Waals surface area contributed by atoms with Crippen molar-refractivity contribution in [1.82, 2.24) is 0 Å². The van der Waals surface area contributed by atoms with Gasteiger partial charge in [0.2, 0.25) is 0 Å². The number of hydrogen-bond acceptors (Lipinski definition) is 5. The van der Waals surface area contributed by atoms with E-state index in [1.807, 2.05) is 18.3 Å². The Morgan fingerprint density at radius 3 is 2.66 bits per heavy atom. The molecule has 2 aromatic carbocycles. The summed E-state index contributed by atoms with van der Waals surface area (Å²) in [6.45, 7) is 5.06. The van der Waals surface area contributed by atoms with Crippen LogP contribution in [0.15, 0.2) is 53.7 Å². The molecule has 1 fully saturated rings. The van der Waals surface area contributed by atoms with Gasteiger partial charge in [0.1, 0.15) is 11.8 Å². The van der Waals surface area contributed by atoms with Crippen LogP contribution >= 0.6 is 0 Å². The third-order valence-electron chi connectivity index (χ3n) is 6.14. The minimum absolute atomic E-state index is 0.241. The molecule has 0 spiro atoms. The number of anilines is 1. The van der Waals surface area contributed by atoms with Gasteiger partial charge < -0.3 is 15.8 Å². The van der Waals surface area contributed by atoms with Gasteiger partial charge >= 0.3 is 0 Å². The number of aliphatic imine (C=N–C) groups is 1. The summed E-state index contributed by atoms with van der Waals surface area (Å²) in [4.78, 5) is 4.46. The van der Waals surface area contributed by atoms with E-state index in [1.165, 1.54) is 18.4 Å². The van der Waals surface area contributed by atoms with Crippen LogP contribution < -0.4 is 15.8 Å². The van der Waals surface area contributed by atoms with E-state index in [0.29, 0.717) is 23.1 Å². The van der Waals surface area contributed by atoms with Crippen molar-refractivity contribution < 1.29 is 4.74 Å². The summed E-state index contributed by atoms with van der Waals surface area (Å²) >= 11 is 0. The molecule has 0 bridgehead atoms. The van der Waals surface area contributed by atoms with Gasteiger partial charge in [-0.2, -0.15) is 5.26 Å². The van der Waals surface area contributed by atoms with Crippen molar-refractivity contribution in [2.24, 2.45) is 16.6 Å². The molecule has 0 heterocycles. The Kier molecular flexibility index (Phi) is 8.33. The summed E-state index contributed by atoms with van der Waals surface area (Å²) in [7, 11) is 1.61. The van der Waals surface area contributed by atoms with Gasteiger partial charge in [-0.25, -0.2) is 0 Å². The van der Waals surface area contributed by atoms with Crippen molar-refractivity contribution in [2.75, 3.05) is 19.0 Å². The molecule has 5 nitrogen and oxygen atoms in total. The summed E-state index contributed by atoms with van der Waals surface area (Å²) in [6, 6.07) is 16.9. The number of nitrogens with one attached hydrogen (secondary N) is 1. The van der Waals surface area contributed by atoms with Crippen LogP contribution in [0.25, 0.3) is 5.57 Å². The Balaban J connectivity index is 1.55. The van der Waals surface area contributed by atoms with Gasteiger partial charge in [-0.05, 0) is 86.8 Å².